The number of nitrogen functional groups attached to an aromatic ring is 1. The lowest BCUT2D eigenvalue weighted by molar-refractivity contribution is 0.751. The third-order valence-electron chi connectivity index (χ3n) is 1.83. The summed E-state index contributed by atoms with van der Waals surface area (Å²) in [5, 5.41) is 4.16. The maximum absolute atomic E-state index is 5.55. The van der Waals surface area contributed by atoms with Crippen LogP contribution in [-0.2, 0) is 7.05 Å². The molecule has 0 aliphatic carbocycles. The summed E-state index contributed by atoms with van der Waals surface area (Å²) in [7, 11) is 1.79. The third kappa shape index (κ3) is 1.49. The van der Waals surface area contributed by atoms with E-state index in [0.29, 0.717) is 11.9 Å². The summed E-state index contributed by atoms with van der Waals surface area (Å²) >= 11 is 0. The van der Waals surface area contributed by atoms with Crippen molar-refractivity contribution in [1.29, 1.82) is 0 Å². The predicted octanol–water partition coefficient (Wildman–Crippen LogP) is 0.243. The van der Waals surface area contributed by atoms with Crippen LogP contribution in [0.5, 0.6) is 0 Å². The van der Waals surface area contributed by atoms with Gasteiger partial charge in [-0.1, -0.05) is 0 Å². The Balaban J connectivity index is 2.86. The van der Waals surface area contributed by atoms with Gasteiger partial charge in [-0.25, -0.2) is 4.68 Å². The normalized spacial score (nSPS) is 10.2. The maximum Gasteiger partial charge on any atom is 0.246 e. The zero-order valence-corrected chi connectivity index (χ0v) is 7.78. The highest BCUT2D eigenvalue weighted by Gasteiger charge is 2.08. The Bertz CT molecular complexity index is 231. The molecule has 0 fully saturated rings. The standard InChI is InChI=1S/C7H15N5/c1-4-12(5-2)7-9-6(8)11(3)10-7/h4-5H2,1-3H3,(H2,8,9,10). The number of aromatic nitrogens is 3. The maximum atomic E-state index is 5.55. The molecule has 0 unspecified atom stereocenters. The minimum atomic E-state index is 0.455. The highest BCUT2D eigenvalue weighted by molar-refractivity contribution is 5.34. The van der Waals surface area contributed by atoms with Gasteiger partial charge >= 0.3 is 0 Å². The van der Waals surface area contributed by atoms with Crippen LogP contribution in [0, 0.1) is 0 Å². The number of nitrogens with zero attached hydrogens (tertiary/aromatic N) is 4. The lowest BCUT2D eigenvalue weighted by Crippen LogP contribution is -2.23. The third-order valence-corrected chi connectivity index (χ3v) is 1.83. The number of anilines is 2. The summed E-state index contributed by atoms with van der Waals surface area (Å²) in [6.07, 6.45) is 0. The fraction of sp³-hybridized carbons (Fsp3) is 0.714. The average Bonchev–Trinajstić information content (AvgIpc) is 2.35. The first-order valence-corrected chi connectivity index (χ1v) is 4.10. The SMILES string of the molecule is CCN(CC)c1nc(N)n(C)n1. The molecule has 2 N–H and O–H groups in total. The van der Waals surface area contributed by atoms with Gasteiger partial charge in [0.2, 0.25) is 11.9 Å². The van der Waals surface area contributed by atoms with E-state index < -0.39 is 0 Å². The fourth-order valence-electron chi connectivity index (χ4n) is 1.02. The van der Waals surface area contributed by atoms with Crippen molar-refractivity contribution >= 4 is 11.9 Å². The Morgan fingerprint density at radius 3 is 2.33 bits per heavy atom. The van der Waals surface area contributed by atoms with Crippen LogP contribution in [0.3, 0.4) is 0 Å². The van der Waals surface area contributed by atoms with E-state index in [1.165, 1.54) is 0 Å². The Morgan fingerprint density at radius 1 is 1.42 bits per heavy atom. The highest BCUT2D eigenvalue weighted by Crippen LogP contribution is 2.08. The number of nitrogens with two attached hydrogens (primary N) is 1. The molecule has 1 aromatic heterocycles. The Hall–Kier alpha value is -1.26. The van der Waals surface area contributed by atoms with Gasteiger partial charge in [-0.15, -0.1) is 5.10 Å². The molecule has 5 heteroatoms. The number of aryl methyl sites for hydroxylation is 1. The van der Waals surface area contributed by atoms with Crippen molar-refractivity contribution in [2.24, 2.45) is 7.05 Å². The van der Waals surface area contributed by atoms with Crippen LogP contribution < -0.4 is 10.6 Å². The molecule has 0 saturated carbocycles. The summed E-state index contributed by atoms with van der Waals surface area (Å²) < 4.78 is 1.58. The molecule has 12 heavy (non-hydrogen) atoms. The summed E-state index contributed by atoms with van der Waals surface area (Å²) in [4.78, 5) is 6.16. The van der Waals surface area contributed by atoms with Gasteiger partial charge in [0.1, 0.15) is 0 Å². The van der Waals surface area contributed by atoms with Gasteiger partial charge in [0.25, 0.3) is 0 Å². The second-order valence-corrected chi connectivity index (χ2v) is 2.57. The molecule has 1 heterocycles. The lowest BCUT2D eigenvalue weighted by atomic mass is 10.5. The molecule has 0 saturated heterocycles. The topological polar surface area (TPSA) is 60.0 Å². The molecule has 0 amide bonds. The van der Waals surface area contributed by atoms with Crippen LogP contribution in [-0.4, -0.2) is 27.9 Å². The molecular formula is C7H15N5. The van der Waals surface area contributed by atoms with Crippen molar-refractivity contribution in [1.82, 2.24) is 14.8 Å². The van der Waals surface area contributed by atoms with Crippen LogP contribution in [0.15, 0.2) is 0 Å². The Kier molecular flexibility index (Phi) is 2.52. The smallest absolute Gasteiger partial charge is 0.246 e. The molecule has 5 nitrogen and oxygen atoms in total. The molecule has 0 radical (unpaired) electrons. The Morgan fingerprint density at radius 2 is 2.00 bits per heavy atom. The summed E-state index contributed by atoms with van der Waals surface area (Å²) in [6, 6.07) is 0. The first-order chi connectivity index (χ1) is 5.69. The minimum absolute atomic E-state index is 0.455. The van der Waals surface area contributed by atoms with Crippen LogP contribution in [0.25, 0.3) is 0 Å². The van der Waals surface area contributed by atoms with Gasteiger partial charge in [-0.2, -0.15) is 4.98 Å². The largest absolute Gasteiger partial charge is 0.368 e. The van der Waals surface area contributed by atoms with E-state index in [4.69, 9.17) is 5.73 Å². The van der Waals surface area contributed by atoms with Crippen molar-refractivity contribution < 1.29 is 0 Å². The van der Waals surface area contributed by atoms with Crippen molar-refractivity contribution in [2.75, 3.05) is 23.7 Å². The number of hydrogen-bond acceptors (Lipinski definition) is 4. The first kappa shape index (κ1) is 8.83. The first-order valence-electron chi connectivity index (χ1n) is 4.10. The summed E-state index contributed by atoms with van der Waals surface area (Å²) in [5.74, 6) is 1.16. The fourth-order valence-corrected chi connectivity index (χ4v) is 1.02. The van der Waals surface area contributed by atoms with Crippen LogP contribution >= 0.6 is 0 Å². The van der Waals surface area contributed by atoms with E-state index in [1.54, 1.807) is 11.7 Å². The quantitative estimate of drug-likeness (QED) is 0.704. The monoisotopic (exact) mass is 169 g/mol. The summed E-state index contributed by atoms with van der Waals surface area (Å²) in [5.41, 5.74) is 5.55. The predicted molar refractivity (Wildman–Crippen MR) is 49.0 cm³/mol. The van der Waals surface area contributed by atoms with Crippen LogP contribution in [0.2, 0.25) is 0 Å². The van der Waals surface area contributed by atoms with E-state index in [-0.39, 0.29) is 0 Å². The second kappa shape index (κ2) is 3.42. The molecule has 68 valence electrons. The van der Waals surface area contributed by atoms with Gasteiger partial charge in [-0.3, -0.25) is 0 Å². The average molecular weight is 169 g/mol. The van der Waals surface area contributed by atoms with Crippen molar-refractivity contribution in [3.05, 3.63) is 0 Å². The van der Waals surface area contributed by atoms with Gasteiger partial charge in [0.15, 0.2) is 0 Å². The summed E-state index contributed by atoms with van der Waals surface area (Å²) in [6.45, 7) is 5.94. The number of hydrogen-bond donors (Lipinski definition) is 1. The van der Waals surface area contributed by atoms with E-state index in [2.05, 4.69) is 28.8 Å². The van der Waals surface area contributed by atoms with E-state index in [1.807, 2.05) is 0 Å². The van der Waals surface area contributed by atoms with Crippen LogP contribution in [0.4, 0.5) is 11.9 Å². The van der Waals surface area contributed by atoms with Gasteiger partial charge in [0, 0.05) is 20.1 Å². The van der Waals surface area contributed by atoms with Crippen molar-refractivity contribution in [3.8, 4) is 0 Å². The lowest BCUT2D eigenvalue weighted by Gasteiger charge is -2.14. The molecule has 0 spiro atoms. The van der Waals surface area contributed by atoms with Crippen LogP contribution in [0.1, 0.15) is 13.8 Å². The van der Waals surface area contributed by atoms with Gasteiger partial charge in [0.05, 0.1) is 0 Å². The molecule has 0 aromatic carbocycles. The minimum Gasteiger partial charge on any atom is -0.368 e. The van der Waals surface area contributed by atoms with E-state index >= 15 is 0 Å². The molecule has 0 atom stereocenters. The second-order valence-electron chi connectivity index (χ2n) is 2.57. The zero-order valence-electron chi connectivity index (χ0n) is 7.78. The highest BCUT2D eigenvalue weighted by atomic mass is 15.4. The molecule has 0 aliphatic rings. The van der Waals surface area contributed by atoms with E-state index in [9.17, 15) is 0 Å². The molecule has 0 bridgehead atoms. The van der Waals surface area contributed by atoms with Gasteiger partial charge in [-0.05, 0) is 13.8 Å². The molecular weight excluding hydrogens is 154 g/mol. The number of rotatable bonds is 3. The molecule has 1 aromatic rings. The van der Waals surface area contributed by atoms with E-state index in [0.717, 1.165) is 13.1 Å². The van der Waals surface area contributed by atoms with Gasteiger partial charge < -0.3 is 10.6 Å². The Labute approximate surface area is 72.2 Å². The molecule has 1 rings (SSSR count). The van der Waals surface area contributed by atoms with Crippen molar-refractivity contribution in [3.63, 3.8) is 0 Å². The zero-order chi connectivity index (χ0) is 9.14. The molecule has 0 aliphatic heterocycles. The van der Waals surface area contributed by atoms with Crippen molar-refractivity contribution in [2.45, 2.75) is 13.8 Å².